The lowest BCUT2D eigenvalue weighted by molar-refractivity contribution is -0.193. The highest BCUT2D eigenvalue weighted by atomic mass is 19.4. The second kappa shape index (κ2) is 5.31. The molecule has 1 fully saturated rings. The van der Waals surface area contributed by atoms with Gasteiger partial charge in [-0.2, -0.15) is 18.3 Å². The van der Waals surface area contributed by atoms with Gasteiger partial charge in [-0.05, 0) is 18.9 Å². The first-order valence-corrected chi connectivity index (χ1v) is 6.96. The molecule has 2 aliphatic heterocycles. The van der Waals surface area contributed by atoms with Crippen LogP contribution in [-0.4, -0.2) is 50.7 Å². The maximum atomic E-state index is 13.2. The van der Waals surface area contributed by atoms with Gasteiger partial charge in [-0.1, -0.05) is 6.42 Å². The van der Waals surface area contributed by atoms with Crippen molar-refractivity contribution in [1.29, 1.82) is 0 Å². The normalized spacial score (nSPS) is 25.6. The van der Waals surface area contributed by atoms with Crippen LogP contribution in [0.25, 0.3) is 6.20 Å². The van der Waals surface area contributed by atoms with Crippen LogP contribution >= 0.6 is 0 Å². The molecule has 0 radical (unpaired) electrons. The Labute approximate surface area is 124 Å². The molecule has 1 saturated heterocycles. The summed E-state index contributed by atoms with van der Waals surface area (Å²) in [6, 6.07) is -1.52. The minimum atomic E-state index is -4.30. The van der Waals surface area contributed by atoms with E-state index in [1.807, 2.05) is 0 Å². The third-order valence-corrected chi connectivity index (χ3v) is 4.00. The molecule has 2 aliphatic rings. The molecule has 3 rings (SSSR count). The van der Waals surface area contributed by atoms with Crippen LogP contribution in [0.5, 0.6) is 0 Å². The zero-order valence-corrected chi connectivity index (χ0v) is 11.5. The van der Waals surface area contributed by atoms with Crippen molar-refractivity contribution >= 4 is 18.0 Å². The molecule has 2 N–H and O–H groups in total. The second-order valence-corrected chi connectivity index (χ2v) is 5.38. The van der Waals surface area contributed by atoms with Crippen LogP contribution < -0.4 is 5.32 Å². The van der Waals surface area contributed by atoms with Crippen molar-refractivity contribution < 1.29 is 23.1 Å². The maximum absolute atomic E-state index is 13.2. The summed E-state index contributed by atoms with van der Waals surface area (Å²) in [4.78, 5) is 12.5. The number of halogens is 3. The number of hydrogen-bond donors (Lipinski definition) is 2. The lowest BCUT2D eigenvalue weighted by atomic mass is 10.0. The Hall–Kier alpha value is -2.03. The number of alkyl halides is 3. The van der Waals surface area contributed by atoms with Crippen molar-refractivity contribution in [2.75, 3.05) is 11.9 Å². The van der Waals surface area contributed by atoms with Crippen LogP contribution in [-0.2, 0) is 0 Å². The number of anilines is 1. The summed E-state index contributed by atoms with van der Waals surface area (Å²) in [5.74, 6) is -0.972. The van der Waals surface area contributed by atoms with Crippen LogP contribution in [0, 0.1) is 0 Å². The molecular weight excluding hydrogens is 301 g/mol. The van der Waals surface area contributed by atoms with Crippen molar-refractivity contribution in [3.8, 4) is 0 Å². The quantitative estimate of drug-likeness (QED) is 0.875. The van der Waals surface area contributed by atoms with Gasteiger partial charge in [0.1, 0.15) is 23.6 Å². The number of aromatic carboxylic acids is 1. The SMILES string of the molecule is O=C(O)c1cnn2c1NC(N1CCCCC1C(F)(F)F)C=C2. The van der Waals surface area contributed by atoms with Gasteiger partial charge >= 0.3 is 12.1 Å². The van der Waals surface area contributed by atoms with E-state index < -0.39 is 24.4 Å². The highest BCUT2D eigenvalue weighted by Crippen LogP contribution is 2.34. The molecule has 1 aromatic rings. The van der Waals surface area contributed by atoms with Crippen molar-refractivity contribution in [1.82, 2.24) is 14.7 Å². The molecule has 0 bridgehead atoms. The summed E-state index contributed by atoms with van der Waals surface area (Å²) in [5, 5.41) is 15.8. The molecule has 0 spiro atoms. The van der Waals surface area contributed by atoms with Gasteiger partial charge in [-0.15, -0.1) is 0 Å². The van der Waals surface area contributed by atoms with Crippen molar-refractivity contribution in [3.05, 3.63) is 17.8 Å². The molecule has 0 amide bonds. The number of fused-ring (bicyclic) bond motifs is 1. The van der Waals surface area contributed by atoms with Gasteiger partial charge < -0.3 is 10.4 Å². The Morgan fingerprint density at radius 3 is 2.86 bits per heavy atom. The Morgan fingerprint density at radius 2 is 2.18 bits per heavy atom. The fraction of sp³-hybridized carbons (Fsp3) is 0.538. The molecule has 3 heterocycles. The highest BCUT2D eigenvalue weighted by molar-refractivity contribution is 5.93. The van der Waals surface area contributed by atoms with Crippen LogP contribution in [0.4, 0.5) is 19.0 Å². The van der Waals surface area contributed by atoms with E-state index in [4.69, 9.17) is 5.11 Å². The Morgan fingerprint density at radius 1 is 1.41 bits per heavy atom. The van der Waals surface area contributed by atoms with Crippen molar-refractivity contribution in [3.63, 3.8) is 0 Å². The van der Waals surface area contributed by atoms with Crippen LogP contribution in [0.3, 0.4) is 0 Å². The van der Waals surface area contributed by atoms with Gasteiger partial charge in [0.05, 0.1) is 6.20 Å². The topological polar surface area (TPSA) is 70.4 Å². The monoisotopic (exact) mass is 316 g/mol. The number of aromatic nitrogens is 2. The molecule has 2 atom stereocenters. The lowest BCUT2D eigenvalue weighted by Gasteiger charge is -2.42. The predicted octanol–water partition coefficient (Wildman–Crippen LogP) is 2.22. The Balaban J connectivity index is 1.86. The summed E-state index contributed by atoms with van der Waals surface area (Å²) >= 11 is 0. The fourth-order valence-electron chi connectivity index (χ4n) is 2.96. The van der Waals surface area contributed by atoms with Gasteiger partial charge in [-0.25, -0.2) is 9.48 Å². The first-order chi connectivity index (χ1) is 10.4. The standard InChI is InChI=1S/C13H15F3N4O2/c14-13(15,16)9-3-1-2-5-19(9)10-4-6-20-11(18-10)8(7-17-20)12(21)22/h4,6-7,9-10,18H,1-3,5H2,(H,21,22). The van der Waals surface area contributed by atoms with Crippen molar-refractivity contribution in [2.45, 2.75) is 37.6 Å². The van der Waals surface area contributed by atoms with Crippen LogP contribution in [0.15, 0.2) is 12.3 Å². The fourth-order valence-corrected chi connectivity index (χ4v) is 2.96. The smallest absolute Gasteiger partial charge is 0.404 e. The van der Waals surface area contributed by atoms with Gasteiger partial charge in [0, 0.05) is 12.7 Å². The molecule has 2 unspecified atom stereocenters. The minimum absolute atomic E-state index is 0.0561. The van der Waals surface area contributed by atoms with E-state index in [1.54, 1.807) is 6.08 Å². The summed E-state index contributed by atoms with van der Waals surface area (Å²) in [7, 11) is 0. The van der Waals surface area contributed by atoms with Gasteiger partial charge in [0.15, 0.2) is 0 Å². The van der Waals surface area contributed by atoms with Gasteiger partial charge in [0.2, 0.25) is 0 Å². The van der Waals surface area contributed by atoms with Crippen LogP contribution in [0.2, 0.25) is 0 Å². The highest BCUT2D eigenvalue weighted by Gasteiger charge is 2.46. The first-order valence-electron chi connectivity index (χ1n) is 6.96. The first kappa shape index (κ1) is 14.9. The number of likely N-dealkylation sites (tertiary alicyclic amines) is 1. The zero-order valence-electron chi connectivity index (χ0n) is 11.5. The molecule has 0 aromatic carbocycles. The molecule has 120 valence electrons. The van der Waals surface area contributed by atoms with E-state index in [9.17, 15) is 18.0 Å². The summed E-state index contributed by atoms with van der Waals surface area (Å²) in [6.45, 7) is 0.308. The molecule has 1 aromatic heterocycles. The molecule has 6 nitrogen and oxygen atoms in total. The maximum Gasteiger partial charge on any atom is 0.404 e. The van der Waals surface area contributed by atoms with Gasteiger partial charge in [0.25, 0.3) is 0 Å². The Bertz CT molecular complexity index is 611. The molecule has 9 heteroatoms. The van der Waals surface area contributed by atoms with E-state index in [2.05, 4.69) is 10.4 Å². The number of nitrogens with one attached hydrogen (secondary N) is 1. The second-order valence-electron chi connectivity index (χ2n) is 5.38. The summed E-state index contributed by atoms with van der Waals surface area (Å²) < 4.78 is 40.9. The molecule has 0 saturated carbocycles. The number of rotatable bonds is 2. The van der Waals surface area contributed by atoms with Crippen molar-refractivity contribution in [2.24, 2.45) is 0 Å². The van der Waals surface area contributed by atoms with E-state index >= 15 is 0 Å². The third-order valence-electron chi connectivity index (χ3n) is 4.00. The Kier molecular flexibility index (Phi) is 3.59. The number of nitrogens with zero attached hydrogens (tertiary/aromatic N) is 3. The summed E-state index contributed by atoms with van der Waals surface area (Å²) in [5.41, 5.74) is -0.0603. The predicted molar refractivity (Wildman–Crippen MR) is 72.3 cm³/mol. The van der Waals surface area contributed by atoms with Crippen LogP contribution in [0.1, 0.15) is 29.6 Å². The van der Waals surface area contributed by atoms with Gasteiger partial charge in [-0.3, -0.25) is 4.90 Å². The average molecular weight is 316 g/mol. The van der Waals surface area contributed by atoms with E-state index in [1.165, 1.54) is 22.0 Å². The molecule has 22 heavy (non-hydrogen) atoms. The third kappa shape index (κ3) is 2.56. The number of carbonyl (C=O) groups is 1. The van der Waals surface area contributed by atoms with E-state index in [-0.39, 0.29) is 17.8 Å². The van der Waals surface area contributed by atoms with E-state index in [0.29, 0.717) is 19.4 Å². The lowest BCUT2D eigenvalue weighted by Crippen LogP contribution is -2.55. The largest absolute Gasteiger partial charge is 0.477 e. The summed E-state index contributed by atoms with van der Waals surface area (Å²) in [6.07, 6.45) is 0.507. The number of carboxylic acid groups (broad SMARTS) is 1. The number of carboxylic acids is 1. The van der Waals surface area contributed by atoms with E-state index in [0.717, 1.165) is 0 Å². The zero-order chi connectivity index (χ0) is 15.9. The molecular formula is C13H15F3N4O2. The number of piperidine rings is 1. The molecule has 0 aliphatic carbocycles. The number of hydrogen-bond acceptors (Lipinski definition) is 4. The minimum Gasteiger partial charge on any atom is -0.477 e. The average Bonchev–Trinajstić information content (AvgIpc) is 2.89.